The van der Waals surface area contributed by atoms with E-state index in [0.717, 1.165) is 16.2 Å². The molecule has 31 heavy (non-hydrogen) atoms. The Hall–Kier alpha value is -4.01. The topological polar surface area (TPSA) is 96.3 Å². The second kappa shape index (κ2) is 7.67. The number of benzene rings is 2. The summed E-state index contributed by atoms with van der Waals surface area (Å²) in [5, 5.41) is 9.60. The molecule has 0 saturated carbocycles. The van der Waals surface area contributed by atoms with Crippen molar-refractivity contribution < 1.29 is 18.8 Å². The number of urea groups is 1. The first-order valence-corrected chi connectivity index (χ1v) is 9.59. The number of carbonyl (C=O) groups is 3. The first-order chi connectivity index (χ1) is 14.8. The van der Waals surface area contributed by atoms with Crippen LogP contribution >= 0.6 is 0 Å². The maximum atomic E-state index is 13.2. The molecule has 8 nitrogen and oxygen atoms in total. The van der Waals surface area contributed by atoms with Gasteiger partial charge in [0.1, 0.15) is 17.9 Å². The standard InChI is InChI=1S/C22H20FN5O3/c1-14-12-28(17-6-4-3-5-7-17)26-19(14)24-18(29)13-27-20(30)22(2,25-21(27)31)15-8-10-16(23)11-9-15/h3-12H,13H2,1-2H3,(H,25,31)(H,24,26,29). The molecule has 0 bridgehead atoms. The molecule has 0 spiro atoms. The van der Waals surface area contributed by atoms with Crippen molar-refractivity contribution in [2.45, 2.75) is 19.4 Å². The number of amides is 4. The minimum absolute atomic E-state index is 0.335. The van der Waals surface area contributed by atoms with Gasteiger partial charge in [-0.2, -0.15) is 0 Å². The van der Waals surface area contributed by atoms with Crippen molar-refractivity contribution in [2.24, 2.45) is 0 Å². The smallest absolute Gasteiger partial charge is 0.319 e. The summed E-state index contributed by atoms with van der Waals surface area (Å²) in [4.78, 5) is 38.7. The first kappa shape index (κ1) is 20.3. The number of anilines is 1. The molecular formula is C22H20FN5O3. The molecule has 2 heterocycles. The SMILES string of the molecule is Cc1cn(-c2ccccc2)nc1NC(=O)CN1C(=O)NC(C)(c2ccc(F)cc2)C1=O. The normalized spacial score (nSPS) is 18.2. The molecule has 4 rings (SSSR count). The van der Waals surface area contributed by atoms with Crippen LogP contribution in [-0.4, -0.2) is 39.1 Å². The van der Waals surface area contributed by atoms with E-state index in [1.165, 1.54) is 31.2 Å². The summed E-state index contributed by atoms with van der Waals surface area (Å²) in [5.74, 6) is -1.27. The van der Waals surface area contributed by atoms with Crippen LogP contribution < -0.4 is 10.6 Å². The number of carbonyl (C=O) groups excluding carboxylic acids is 3. The first-order valence-electron chi connectivity index (χ1n) is 9.59. The molecule has 1 fully saturated rings. The van der Waals surface area contributed by atoms with Crippen LogP contribution in [0.5, 0.6) is 0 Å². The van der Waals surface area contributed by atoms with E-state index < -0.39 is 35.7 Å². The van der Waals surface area contributed by atoms with Gasteiger partial charge in [0, 0.05) is 11.8 Å². The molecule has 1 atom stereocenters. The van der Waals surface area contributed by atoms with Crippen LogP contribution in [0.1, 0.15) is 18.1 Å². The lowest BCUT2D eigenvalue weighted by atomic mass is 9.92. The predicted molar refractivity (Wildman–Crippen MR) is 111 cm³/mol. The van der Waals surface area contributed by atoms with Gasteiger partial charge < -0.3 is 10.6 Å². The van der Waals surface area contributed by atoms with E-state index in [4.69, 9.17) is 0 Å². The highest BCUT2D eigenvalue weighted by Crippen LogP contribution is 2.29. The van der Waals surface area contributed by atoms with Crippen LogP contribution in [0.15, 0.2) is 60.8 Å². The average molecular weight is 421 g/mol. The summed E-state index contributed by atoms with van der Waals surface area (Å²) in [6.07, 6.45) is 1.77. The maximum Gasteiger partial charge on any atom is 0.325 e. The molecule has 9 heteroatoms. The Morgan fingerprint density at radius 2 is 1.81 bits per heavy atom. The van der Waals surface area contributed by atoms with Gasteiger partial charge in [-0.3, -0.25) is 14.5 Å². The van der Waals surface area contributed by atoms with Crippen molar-refractivity contribution in [3.8, 4) is 5.69 Å². The summed E-state index contributed by atoms with van der Waals surface area (Å²) in [6.45, 7) is 2.84. The van der Waals surface area contributed by atoms with Crippen molar-refractivity contribution in [3.63, 3.8) is 0 Å². The van der Waals surface area contributed by atoms with Crippen molar-refractivity contribution in [1.29, 1.82) is 0 Å². The fraction of sp³-hybridized carbons (Fsp3) is 0.182. The monoisotopic (exact) mass is 421 g/mol. The molecule has 3 aromatic rings. The average Bonchev–Trinajstić information content (AvgIpc) is 3.22. The van der Waals surface area contributed by atoms with E-state index in [2.05, 4.69) is 15.7 Å². The zero-order valence-electron chi connectivity index (χ0n) is 16.9. The molecule has 0 aliphatic carbocycles. The number of hydrogen-bond acceptors (Lipinski definition) is 4. The van der Waals surface area contributed by atoms with E-state index in [1.54, 1.807) is 17.8 Å². The molecule has 1 aliphatic heterocycles. The van der Waals surface area contributed by atoms with E-state index in [0.29, 0.717) is 11.4 Å². The molecule has 4 amide bonds. The molecule has 2 N–H and O–H groups in total. The number of halogens is 1. The predicted octanol–water partition coefficient (Wildman–Crippen LogP) is 2.73. The van der Waals surface area contributed by atoms with Crippen molar-refractivity contribution in [3.05, 3.63) is 77.7 Å². The summed E-state index contributed by atoms with van der Waals surface area (Å²) in [6, 6.07) is 14.0. The van der Waals surface area contributed by atoms with E-state index in [1.807, 2.05) is 30.3 Å². The van der Waals surface area contributed by atoms with Gasteiger partial charge in [-0.05, 0) is 43.7 Å². The Balaban J connectivity index is 1.48. The number of para-hydroxylation sites is 1. The summed E-state index contributed by atoms with van der Waals surface area (Å²) in [5.41, 5.74) is 0.601. The van der Waals surface area contributed by atoms with Gasteiger partial charge in [0.25, 0.3) is 5.91 Å². The second-order valence-electron chi connectivity index (χ2n) is 7.44. The van der Waals surface area contributed by atoms with Gasteiger partial charge in [-0.25, -0.2) is 13.9 Å². The molecule has 158 valence electrons. The third-order valence-corrected chi connectivity index (χ3v) is 5.17. The highest BCUT2D eigenvalue weighted by molar-refractivity contribution is 6.10. The summed E-state index contributed by atoms with van der Waals surface area (Å²) < 4.78 is 14.9. The Bertz CT molecular complexity index is 1160. The zero-order valence-corrected chi connectivity index (χ0v) is 16.9. The largest absolute Gasteiger partial charge is 0.325 e. The van der Waals surface area contributed by atoms with Gasteiger partial charge in [0.2, 0.25) is 5.91 Å². The Labute approximate surface area is 177 Å². The van der Waals surface area contributed by atoms with Crippen molar-refractivity contribution in [2.75, 3.05) is 11.9 Å². The number of rotatable bonds is 5. The molecule has 0 radical (unpaired) electrons. The number of aromatic nitrogens is 2. The molecule has 1 aromatic heterocycles. The summed E-state index contributed by atoms with van der Waals surface area (Å²) >= 11 is 0. The summed E-state index contributed by atoms with van der Waals surface area (Å²) in [7, 11) is 0. The van der Waals surface area contributed by atoms with E-state index >= 15 is 0 Å². The minimum atomic E-state index is -1.38. The number of nitrogens with zero attached hydrogens (tertiary/aromatic N) is 3. The van der Waals surface area contributed by atoms with E-state index in [-0.39, 0.29) is 0 Å². The Morgan fingerprint density at radius 3 is 2.48 bits per heavy atom. The Morgan fingerprint density at radius 1 is 1.13 bits per heavy atom. The van der Waals surface area contributed by atoms with Crippen molar-refractivity contribution >= 4 is 23.7 Å². The van der Waals surface area contributed by atoms with Crippen LogP contribution in [0.4, 0.5) is 15.0 Å². The molecule has 2 aromatic carbocycles. The quantitative estimate of drug-likeness (QED) is 0.619. The van der Waals surface area contributed by atoms with E-state index in [9.17, 15) is 18.8 Å². The fourth-order valence-electron chi connectivity index (χ4n) is 3.43. The number of aryl methyl sites for hydroxylation is 1. The molecule has 1 unspecified atom stereocenters. The third-order valence-electron chi connectivity index (χ3n) is 5.17. The lowest BCUT2D eigenvalue weighted by molar-refractivity contribution is -0.133. The lowest BCUT2D eigenvalue weighted by Crippen LogP contribution is -2.42. The molecule has 1 saturated heterocycles. The van der Waals surface area contributed by atoms with Gasteiger partial charge in [0.05, 0.1) is 5.69 Å². The minimum Gasteiger partial charge on any atom is -0.319 e. The van der Waals surface area contributed by atoms with Gasteiger partial charge in [-0.15, -0.1) is 5.10 Å². The highest BCUT2D eigenvalue weighted by atomic mass is 19.1. The maximum absolute atomic E-state index is 13.2. The lowest BCUT2D eigenvalue weighted by Gasteiger charge is -2.22. The zero-order chi connectivity index (χ0) is 22.2. The molecular weight excluding hydrogens is 401 g/mol. The van der Waals surface area contributed by atoms with Crippen LogP contribution in [-0.2, 0) is 15.1 Å². The Kier molecular flexibility index (Phi) is 5.02. The van der Waals surface area contributed by atoms with Crippen LogP contribution in [0.3, 0.4) is 0 Å². The van der Waals surface area contributed by atoms with Gasteiger partial charge in [-0.1, -0.05) is 30.3 Å². The molecule has 1 aliphatic rings. The number of hydrogen-bond donors (Lipinski definition) is 2. The third kappa shape index (κ3) is 3.77. The second-order valence-corrected chi connectivity index (χ2v) is 7.44. The fourth-order valence-corrected chi connectivity index (χ4v) is 3.43. The van der Waals surface area contributed by atoms with Gasteiger partial charge >= 0.3 is 6.03 Å². The van der Waals surface area contributed by atoms with Gasteiger partial charge in [0.15, 0.2) is 5.82 Å². The van der Waals surface area contributed by atoms with Crippen LogP contribution in [0.25, 0.3) is 5.69 Å². The van der Waals surface area contributed by atoms with Crippen LogP contribution in [0, 0.1) is 12.7 Å². The van der Waals surface area contributed by atoms with Crippen molar-refractivity contribution in [1.82, 2.24) is 20.0 Å². The number of imide groups is 1. The number of nitrogens with one attached hydrogen (secondary N) is 2. The van der Waals surface area contributed by atoms with Crippen LogP contribution in [0.2, 0.25) is 0 Å². The highest BCUT2D eigenvalue weighted by Gasteiger charge is 2.49.